The Morgan fingerprint density at radius 1 is 1.21 bits per heavy atom. The fourth-order valence-electron chi connectivity index (χ4n) is 1.37. The molecule has 0 amide bonds. The number of benzene rings is 1. The molecular formula is C12H19NO. The van der Waals surface area contributed by atoms with Crippen LogP contribution in [0.25, 0.3) is 0 Å². The Morgan fingerprint density at radius 3 is 2.43 bits per heavy atom. The molecule has 0 spiro atoms. The van der Waals surface area contributed by atoms with Gasteiger partial charge in [-0.1, -0.05) is 30.3 Å². The van der Waals surface area contributed by atoms with E-state index in [4.69, 9.17) is 5.11 Å². The SMILES string of the molecule is C[C@H](NCC[C@@H](C)O)c1ccccc1. The van der Waals surface area contributed by atoms with Gasteiger partial charge in [-0.2, -0.15) is 0 Å². The van der Waals surface area contributed by atoms with Crippen LogP contribution in [0.4, 0.5) is 0 Å². The average molecular weight is 193 g/mol. The van der Waals surface area contributed by atoms with Crippen LogP contribution in [-0.4, -0.2) is 17.8 Å². The lowest BCUT2D eigenvalue weighted by Gasteiger charge is -2.14. The first-order valence-corrected chi connectivity index (χ1v) is 5.16. The number of hydrogen-bond donors (Lipinski definition) is 2. The van der Waals surface area contributed by atoms with Crippen molar-refractivity contribution in [2.45, 2.75) is 32.4 Å². The highest BCUT2D eigenvalue weighted by atomic mass is 16.3. The van der Waals surface area contributed by atoms with Crippen molar-refractivity contribution in [1.82, 2.24) is 5.32 Å². The quantitative estimate of drug-likeness (QED) is 0.750. The first kappa shape index (κ1) is 11.2. The van der Waals surface area contributed by atoms with Gasteiger partial charge in [-0.3, -0.25) is 0 Å². The van der Waals surface area contributed by atoms with E-state index in [9.17, 15) is 0 Å². The van der Waals surface area contributed by atoms with E-state index in [0.717, 1.165) is 13.0 Å². The van der Waals surface area contributed by atoms with E-state index in [1.54, 1.807) is 0 Å². The number of aliphatic hydroxyl groups is 1. The molecule has 1 aromatic carbocycles. The Hall–Kier alpha value is -0.860. The van der Waals surface area contributed by atoms with Crippen molar-refractivity contribution in [2.75, 3.05) is 6.54 Å². The van der Waals surface area contributed by atoms with Crippen LogP contribution in [0.5, 0.6) is 0 Å². The summed E-state index contributed by atoms with van der Waals surface area (Å²) in [6, 6.07) is 10.7. The van der Waals surface area contributed by atoms with Crippen LogP contribution in [0.3, 0.4) is 0 Å². The molecule has 0 fully saturated rings. The van der Waals surface area contributed by atoms with Gasteiger partial charge in [0.05, 0.1) is 6.10 Å². The lowest BCUT2D eigenvalue weighted by atomic mass is 10.1. The molecule has 0 unspecified atom stereocenters. The number of rotatable bonds is 5. The Morgan fingerprint density at radius 2 is 1.86 bits per heavy atom. The van der Waals surface area contributed by atoms with Crippen molar-refractivity contribution in [3.05, 3.63) is 35.9 Å². The first-order chi connectivity index (χ1) is 6.70. The van der Waals surface area contributed by atoms with Gasteiger partial charge in [0.25, 0.3) is 0 Å². The maximum Gasteiger partial charge on any atom is 0.0524 e. The third kappa shape index (κ3) is 3.90. The van der Waals surface area contributed by atoms with Crippen LogP contribution in [-0.2, 0) is 0 Å². The summed E-state index contributed by atoms with van der Waals surface area (Å²) in [4.78, 5) is 0. The molecular weight excluding hydrogens is 174 g/mol. The van der Waals surface area contributed by atoms with Crippen LogP contribution in [0, 0.1) is 0 Å². The predicted molar refractivity (Wildman–Crippen MR) is 59.2 cm³/mol. The Balaban J connectivity index is 2.32. The summed E-state index contributed by atoms with van der Waals surface area (Å²) in [6.45, 7) is 4.81. The van der Waals surface area contributed by atoms with Crippen LogP contribution in [0.15, 0.2) is 30.3 Å². The maximum absolute atomic E-state index is 9.10. The smallest absolute Gasteiger partial charge is 0.0524 e. The second-order valence-corrected chi connectivity index (χ2v) is 3.72. The predicted octanol–water partition coefficient (Wildman–Crippen LogP) is 2.11. The van der Waals surface area contributed by atoms with E-state index in [2.05, 4.69) is 24.4 Å². The van der Waals surface area contributed by atoms with Gasteiger partial charge in [0, 0.05) is 6.04 Å². The van der Waals surface area contributed by atoms with Crippen LogP contribution in [0.1, 0.15) is 31.9 Å². The molecule has 2 nitrogen and oxygen atoms in total. The van der Waals surface area contributed by atoms with Crippen molar-refractivity contribution in [3.63, 3.8) is 0 Å². The van der Waals surface area contributed by atoms with Crippen molar-refractivity contribution in [1.29, 1.82) is 0 Å². The van der Waals surface area contributed by atoms with Gasteiger partial charge < -0.3 is 10.4 Å². The van der Waals surface area contributed by atoms with Crippen molar-refractivity contribution in [2.24, 2.45) is 0 Å². The molecule has 2 N–H and O–H groups in total. The lowest BCUT2D eigenvalue weighted by molar-refractivity contribution is 0.182. The van der Waals surface area contributed by atoms with Crippen LogP contribution in [0.2, 0.25) is 0 Å². The third-order valence-electron chi connectivity index (χ3n) is 2.31. The normalized spacial score (nSPS) is 15.1. The van der Waals surface area contributed by atoms with Gasteiger partial charge >= 0.3 is 0 Å². The lowest BCUT2D eigenvalue weighted by Crippen LogP contribution is -2.22. The molecule has 1 rings (SSSR count). The molecule has 2 atom stereocenters. The van der Waals surface area contributed by atoms with E-state index in [-0.39, 0.29) is 6.10 Å². The molecule has 0 aliphatic rings. The zero-order chi connectivity index (χ0) is 10.4. The molecule has 0 aliphatic carbocycles. The summed E-state index contributed by atoms with van der Waals surface area (Å²) < 4.78 is 0. The van der Waals surface area contributed by atoms with E-state index < -0.39 is 0 Å². The van der Waals surface area contributed by atoms with E-state index in [1.165, 1.54) is 5.56 Å². The third-order valence-corrected chi connectivity index (χ3v) is 2.31. The summed E-state index contributed by atoms with van der Waals surface area (Å²) in [5, 5.41) is 12.5. The van der Waals surface area contributed by atoms with Crippen LogP contribution < -0.4 is 5.32 Å². The van der Waals surface area contributed by atoms with Crippen LogP contribution >= 0.6 is 0 Å². The van der Waals surface area contributed by atoms with Gasteiger partial charge in [0.1, 0.15) is 0 Å². The van der Waals surface area contributed by atoms with Gasteiger partial charge in [-0.25, -0.2) is 0 Å². The van der Waals surface area contributed by atoms with Crippen molar-refractivity contribution >= 4 is 0 Å². The van der Waals surface area contributed by atoms with E-state index in [1.807, 2.05) is 25.1 Å². The molecule has 0 aliphatic heterocycles. The van der Waals surface area contributed by atoms with Gasteiger partial charge in [-0.05, 0) is 32.4 Å². The van der Waals surface area contributed by atoms with Gasteiger partial charge in [0.2, 0.25) is 0 Å². The fraction of sp³-hybridized carbons (Fsp3) is 0.500. The molecule has 14 heavy (non-hydrogen) atoms. The van der Waals surface area contributed by atoms with E-state index in [0.29, 0.717) is 6.04 Å². The highest BCUT2D eigenvalue weighted by Crippen LogP contribution is 2.10. The summed E-state index contributed by atoms with van der Waals surface area (Å²) in [5.41, 5.74) is 1.29. The summed E-state index contributed by atoms with van der Waals surface area (Å²) in [6.07, 6.45) is 0.586. The second kappa shape index (κ2) is 5.78. The molecule has 0 heterocycles. The standard InChI is InChI=1S/C12H19NO/c1-10(14)8-9-13-11(2)12-6-4-3-5-7-12/h3-7,10-11,13-14H,8-9H2,1-2H3/t10-,11+/m1/s1. The highest BCUT2D eigenvalue weighted by Gasteiger charge is 2.03. The molecule has 0 bridgehead atoms. The Kier molecular flexibility index (Phi) is 4.63. The summed E-state index contributed by atoms with van der Waals surface area (Å²) in [7, 11) is 0. The molecule has 2 heteroatoms. The molecule has 0 radical (unpaired) electrons. The molecule has 0 saturated heterocycles. The minimum Gasteiger partial charge on any atom is -0.393 e. The number of nitrogens with one attached hydrogen (secondary N) is 1. The van der Waals surface area contributed by atoms with Gasteiger partial charge in [0.15, 0.2) is 0 Å². The monoisotopic (exact) mass is 193 g/mol. The minimum absolute atomic E-state index is 0.217. The fourth-order valence-corrected chi connectivity index (χ4v) is 1.37. The first-order valence-electron chi connectivity index (χ1n) is 5.16. The Labute approximate surface area is 86.0 Å². The highest BCUT2D eigenvalue weighted by molar-refractivity contribution is 5.17. The molecule has 0 saturated carbocycles. The summed E-state index contributed by atoms with van der Waals surface area (Å²) in [5.74, 6) is 0. The van der Waals surface area contributed by atoms with Crippen molar-refractivity contribution < 1.29 is 5.11 Å². The number of hydrogen-bond acceptors (Lipinski definition) is 2. The maximum atomic E-state index is 9.10. The van der Waals surface area contributed by atoms with Crippen molar-refractivity contribution in [3.8, 4) is 0 Å². The van der Waals surface area contributed by atoms with Gasteiger partial charge in [-0.15, -0.1) is 0 Å². The molecule has 78 valence electrons. The zero-order valence-corrected chi connectivity index (χ0v) is 8.90. The topological polar surface area (TPSA) is 32.3 Å². The largest absolute Gasteiger partial charge is 0.393 e. The van der Waals surface area contributed by atoms with E-state index >= 15 is 0 Å². The molecule has 0 aromatic heterocycles. The second-order valence-electron chi connectivity index (χ2n) is 3.72. The molecule has 1 aromatic rings. The minimum atomic E-state index is -0.217. The Bertz CT molecular complexity index is 246. The number of aliphatic hydroxyl groups excluding tert-OH is 1. The zero-order valence-electron chi connectivity index (χ0n) is 8.90. The summed E-state index contributed by atoms with van der Waals surface area (Å²) >= 11 is 0. The average Bonchev–Trinajstić information content (AvgIpc) is 2.18.